The van der Waals surface area contributed by atoms with Gasteiger partial charge in [0.1, 0.15) is 0 Å². The second kappa shape index (κ2) is 8.12. The van der Waals surface area contributed by atoms with Crippen LogP contribution in [0.4, 0.5) is 0 Å². The summed E-state index contributed by atoms with van der Waals surface area (Å²) in [5, 5.41) is 0. The number of hydrogen-bond acceptors (Lipinski definition) is 3. The van der Waals surface area contributed by atoms with E-state index in [9.17, 15) is 14.4 Å². The first-order valence-electron chi connectivity index (χ1n) is 4.27. The van der Waals surface area contributed by atoms with Gasteiger partial charge < -0.3 is 0 Å². The summed E-state index contributed by atoms with van der Waals surface area (Å²) >= 11 is -3.05. The zero-order chi connectivity index (χ0) is 11.7. The Balaban J connectivity index is 0.000000265. The van der Waals surface area contributed by atoms with Gasteiger partial charge in [-0.15, -0.1) is 12.2 Å². The third-order valence-corrected chi connectivity index (χ3v) is 3.56. The van der Waals surface area contributed by atoms with Gasteiger partial charge in [0.15, 0.2) is 0 Å². The molecule has 1 aliphatic rings. The van der Waals surface area contributed by atoms with Gasteiger partial charge in [-0.2, -0.15) is 5.57 Å². The van der Waals surface area contributed by atoms with Crippen molar-refractivity contribution in [3.05, 3.63) is 30.2 Å². The molecule has 80 valence electrons. The van der Waals surface area contributed by atoms with Gasteiger partial charge in [0.2, 0.25) is 0 Å². The number of rotatable bonds is 1. The van der Waals surface area contributed by atoms with Gasteiger partial charge >= 0.3 is 43.1 Å². The Labute approximate surface area is 93.2 Å². The van der Waals surface area contributed by atoms with E-state index in [1.54, 1.807) is 0 Å². The summed E-state index contributed by atoms with van der Waals surface area (Å²) in [6.45, 7) is 6.07. The van der Waals surface area contributed by atoms with E-state index in [2.05, 4.69) is 26.0 Å². The SMILES string of the molecule is O=[C]=[W](=[C]=O)=[C]=O.[CH2-]C1=C(CC)C=CC1. The van der Waals surface area contributed by atoms with Crippen molar-refractivity contribution >= 4 is 12.8 Å². The average Bonchev–Trinajstić information content (AvgIpc) is 2.67. The van der Waals surface area contributed by atoms with E-state index in [4.69, 9.17) is 0 Å². The summed E-state index contributed by atoms with van der Waals surface area (Å²) in [6, 6.07) is 0. The van der Waals surface area contributed by atoms with Crippen LogP contribution in [0.15, 0.2) is 23.3 Å². The molecule has 3 nitrogen and oxygen atoms in total. The van der Waals surface area contributed by atoms with Crippen molar-refractivity contribution in [3.63, 3.8) is 0 Å². The molecule has 0 N–H and O–H groups in total. The molecule has 0 saturated heterocycles. The summed E-state index contributed by atoms with van der Waals surface area (Å²) in [7, 11) is 0. The van der Waals surface area contributed by atoms with Gasteiger partial charge in [0.05, 0.1) is 0 Å². The van der Waals surface area contributed by atoms with Crippen molar-refractivity contribution in [1.29, 1.82) is 0 Å². The first kappa shape index (κ1) is 13.8. The van der Waals surface area contributed by atoms with Gasteiger partial charge in [0, 0.05) is 0 Å². The molecule has 0 saturated carbocycles. The van der Waals surface area contributed by atoms with Crippen molar-refractivity contribution in [3.8, 4) is 0 Å². The van der Waals surface area contributed by atoms with Crippen molar-refractivity contribution < 1.29 is 30.3 Å². The Hall–Kier alpha value is -1.22. The number of allylic oxidation sites excluding steroid dienone is 4. The zero-order valence-corrected chi connectivity index (χ0v) is 11.3. The topological polar surface area (TPSA) is 51.2 Å². The molecule has 0 atom stereocenters. The second-order valence-electron chi connectivity index (χ2n) is 2.65. The third-order valence-electron chi connectivity index (χ3n) is 1.77. The maximum Gasteiger partial charge on any atom is -0.0438 e. The molecule has 0 fully saturated rings. The molecule has 0 aliphatic heterocycles. The molecule has 0 heterocycles. The summed E-state index contributed by atoms with van der Waals surface area (Å²) in [5.41, 5.74) is 2.72. The quantitative estimate of drug-likeness (QED) is 0.650. The van der Waals surface area contributed by atoms with E-state index in [0.29, 0.717) is 0 Å². The predicted octanol–water partition coefficient (Wildman–Crippen LogP) is 1.29. The summed E-state index contributed by atoms with van der Waals surface area (Å²) in [4.78, 5) is 28.2. The summed E-state index contributed by atoms with van der Waals surface area (Å²) in [6.07, 6.45) is 6.54. The van der Waals surface area contributed by atoms with Crippen LogP contribution in [0.5, 0.6) is 0 Å². The summed E-state index contributed by atoms with van der Waals surface area (Å²) < 4.78 is 3.90. The van der Waals surface area contributed by atoms with Gasteiger partial charge in [0.25, 0.3) is 0 Å². The molecule has 1 aliphatic carbocycles. The minimum Gasteiger partial charge on any atom is -0.241 e. The minimum atomic E-state index is -3.05. The van der Waals surface area contributed by atoms with Gasteiger partial charge in [-0.05, 0) is 6.42 Å². The van der Waals surface area contributed by atoms with Crippen LogP contribution in [0.1, 0.15) is 19.8 Å². The normalized spacial score (nSPS) is 12.1. The monoisotopic (exact) mass is 375 g/mol. The van der Waals surface area contributed by atoms with Crippen LogP contribution in [0.3, 0.4) is 0 Å². The molecule has 15 heavy (non-hydrogen) atoms. The van der Waals surface area contributed by atoms with Crippen LogP contribution < -0.4 is 0 Å². The van der Waals surface area contributed by atoms with Gasteiger partial charge in [-0.25, -0.2) is 12.5 Å². The molecule has 4 heteroatoms. The maximum atomic E-state index is 9.40. The predicted molar refractivity (Wildman–Crippen MR) is 53.5 cm³/mol. The van der Waals surface area contributed by atoms with E-state index >= 15 is 0 Å². The molecule has 1 rings (SSSR count). The molecule has 0 spiro atoms. The van der Waals surface area contributed by atoms with Crippen LogP contribution in [-0.4, -0.2) is 12.8 Å². The molecule has 0 unspecified atom stereocenters. The average molecular weight is 375 g/mol. The fourth-order valence-corrected chi connectivity index (χ4v) is 1.38. The molecular formula is C11H11O3W-. The smallest absolute Gasteiger partial charge is 0.0438 e. The molecule has 0 bridgehead atoms. The third kappa shape index (κ3) is 5.27. The van der Waals surface area contributed by atoms with Crippen LogP contribution in [0.2, 0.25) is 0 Å². The molecule has 0 radical (unpaired) electrons. The van der Waals surface area contributed by atoms with Crippen LogP contribution in [-0.2, 0) is 30.3 Å². The Kier molecular flexibility index (Phi) is 7.46. The number of carbonyl (C=O) groups excluding carboxylic acids is 3. The molecule has 0 aromatic heterocycles. The van der Waals surface area contributed by atoms with Crippen molar-refractivity contribution in [2.24, 2.45) is 0 Å². The second-order valence-corrected chi connectivity index (χ2v) is 6.64. The van der Waals surface area contributed by atoms with Crippen molar-refractivity contribution in [1.82, 2.24) is 0 Å². The Morgan fingerprint density at radius 3 is 2.00 bits per heavy atom. The van der Waals surface area contributed by atoms with Crippen molar-refractivity contribution in [2.45, 2.75) is 19.8 Å². The van der Waals surface area contributed by atoms with E-state index < -0.39 is 15.9 Å². The van der Waals surface area contributed by atoms with E-state index in [1.165, 1.54) is 23.9 Å². The maximum absolute atomic E-state index is 9.40. The molecule has 0 aromatic rings. The van der Waals surface area contributed by atoms with Gasteiger partial charge in [-0.3, -0.25) is 0 Å². The Morgan fingerprint density at radius 2 is 1.87 bits per heavy atom. The van der Waals surface area contributed by atoms with E-state index in [0.717, 1.165) is 12.8 Å². The van der Waals surface area contributed by atoms with Crippen LogP contribution >= 0.6 is 0 Å². The first-order chi connectivity index (χ1) is 7.19. The summed E-state index contributed by atoms with van der Waals surface area (Å²) in [5.74, 6) is 0. The van der Waals surface area contributed by atoms with Gasteiger partial charge in [-0.1, -0.05) is 13.3 Å². The van der Waals surface area contributed by atoms with Crippen LogP contribution in [0.25, 0.3) is 0 Å². The Morgan fingerprint density at radius 1 is 1.33 bits per heavy atom. The zero-order valence-electron chi connectivity index (χ0n) is 8.41. The van der Waals surface area contributed by atoms with Crippen LogP contribution in [0, 0.1) is 6.92 Å². The molecule has 0 aromatic carbocycles. The molecular weight excluding hydrogens is 364 g/mol. The van der Waals surface area contributed by atoms with E-state index in [-0.39, 0.29) is 0 Å². The largest absolute Gasteiger partial charge is 0.241 e. The standard InChI is InChI=1S/C8H11.3CO.W/c1-3-8-6-4-5-7(8)2;3*1-2;/h4,6H,2-3,5H2,1H3;;;;/q-1;;;;. The van der Waals surface area contributed by atoms with Crippen molar-refractivity contribution in [2.75, 3.05) is 0 Å². The molecule has 0 amide bonds. The minimum absolute atomic E-state index is 1.07. The fourth-order valence-electron chi connectivity index (χ4n) is 1.01. The number of hydrogen-bond donors (Lipinski definition) is 0. The van der Waals surface area contributed by atoms with E-state index in [1.807, 2.05) is 0 Å². The first-order valence-corrected chi connectivity index (χ1v) is 8.67. The Bertz CT molecular complexity index is 444. The fraction of sp³-hybridized carbons (Fsp3) is 0.273.